The fraction of sp³-hybridized carbons (Fsp3) is 0.316. The van der Waals surface area contributed by atoms with Gasteiger partial charge in [0.2, 0.25) is 0 Å². The number of amides is 1. The Bertz CT molecular complexity index is 977. The number of carbonyl (C=O) groups is 1. The molecule has 6 nitrogen and oxygen atoms in total. The van der Waals surface area contributed by atoms with Crippen molar-refractivity contribution < 1.29 is 4.79 Å². The Kier molecular flexibility index (Phi) is 5.63. The van der Waals surface area contributed by atoms with Gasteiger partial charge < -0.3 is 15.1 Å². The number of anilines is 2. The van der Waals surface area contributed by atoms with Crippen molar-refractivity contribution in [2.45, 2.75) is 6.92 Å². The summed E-state index contributed by atoms with van der Waals surface area (Å²) in [5.41, 5.74) is 1.39. The van der Waals surface area contributed by atoms with E-state index in [9.17, 15) is 4.79 Å². The van der Waals surface area contributed by atoms with Crippen LogP contribution in [-0.4, -0.2) is 54.0 Å². The maximum Gasteiger partial charge on any atom is 0.267 e. The zero-order chi connectivity index (χ0) is 19.7. The first-order valence-corrected chi connectivity index (χ1v) is 10.9. The summed E-state index contributed by atoms with van der Waals surface area (Å²) in [5, 5.41) is 3.73. The molecular formula is C19H20ClN5OS2. The summed E-state index contributed by atoms with van der Waals surface area (Å²) in [6, 6.07) is 7.62. The lowest BCUT2D eigenvalue weighted by atomic mass is 10.3. The number of halogens is 1. The van der Waals surface area contributed by atoms with Crippen molar-refractivity contribution in [3.8, 4) is 9.88 Å². The normalized spacial score (nSPS) is 15.0. The third kappa shape index (κ3) is 4.20. The average molecular weight is 434 g/mol. The second-order valence-corrected chi connectivity index (χ2v) is 9.40. The third-order valence-electron chi connectivity index (χ3n) is 4.62. The van der Waals surface area contributed by atoms with E-state index in [2.05, 4.69) is 32.1 Å². The Morgan fingerprint density at radius 1 is 1.14 bits per heavy atom. The van der Waals surface area contributed by atoms with Crippen LogP contribution in [0.2, 0.25) is 4.34 Å². The van der Waals surface area contributed by atoms with E-state index in [1.807, 2.05) is 31.2 Å². The zero-order valence-electron chi connectivity index (χ0n) is 15.6. The lowest BCUT2D eigenvalue weighted by Crippen LogP contribution is -2.44. The van der Waals surface area contributed by atoms with Crippen molar-refractivity contribution in [1.29, 1.82) is 0 Å². The highest BCUT2D eigenvalue weighted by atomic mass is 35.5. The van der Waals surface area contributed by atoms with Crippen molar-refractivity contribution in [2.24, 2.45) is 0 Å². The van der Waals surface area contributed by atoms with Gasteiger partial charge in [-0.15, -0.1) is 22.7 Å². The number of hydrogen-bond donors (Lipinski definition) is 1. The highest BCUT2D eigenvalue weighted by Gasteiger charge is 2.18. The van der Waals surface area contributed by atoms with Gasteiger partial charge in [0.05, 0.1) is 26.8 Å². The molecule has 3 aromatic heterocycles. The number of likely N-dealkylation sites (N-methyl/N-ethyl adjacent to an activating group) is 1. The van der Waals surface area contributed by atoms with Gasteiger partial charge in [-0.1, -0.05) is 11.6 Å². The number of nitrogens with one attached hydrogen (secondary N) is 1. The summed E-state index contributed by atoms with van der Waals surface area (Å²) in [6.45, 7) is 5.83. The molecule has 3 aromatic rings. The first-order chi connectivity index (χ1) is 13.5. The molecule has 0 aromatic carbocycles. The lowest BCUT2D eigenvalue weighted by Gasteiger charge is -2.33. The van der Waals surface area contributed by atoms with Gasteiger partial charge in [0, 0.05) is 26.2 Å². The highest BCUT2D eigenvalue weighted by molar-refractivity contribution is 7.24. The van der Waals surface area contributed by atoms with Crippen LogP contribution in [0.5, 0.6) is 0 Å². The quantitative estimate of drug-likeness (QED) is 0.667. The van der Waals surface area contributed by atoms with Crippen LogP contribution in [0.15, 0.2) is 30.5 Å². The second kappa shape index (κ2) is 8.16. The molecule has 1 fully saturated rings. The SMILES string of the molecule is Cc1nc(-c2ccc(Cl)s2)sc1C(=O)Nc1ccc(N2CCN(C)CC2)nc1. The molecule has 28 heavy (non-hydrogen) atoms. The fourth-order valence-electron chi connectivity index (χ4n) is 3.01. The molecule has 0 aliphatic carbocycles. The first kappa shape index (κ1) is 19.3. The standard InChI is InChI=1S/C19H20ClN5OS2/c1-12-17(28-19(22-12)14-4-5-15(20)27-14)18(26)23-13-3-6-16(21-11-13)25-9-7-24(2)8-10-25/h3-6,11H,7-10H2,1-2H3,(H,23,26). The van der Waals surface area contributed by atoms with E-state index in [4.69, 9.17) is 11.6 Å². The number of pyridine rings is 1. The second-order valence-electron chi connectivity index (χ2n) is 6.69. The van der Waals surface area contributed by atoms with Crippen molar-refractivity contribution in [2.75, 3.05) is 43.4 Å². The van der Waals surface area contributed by atoms with Gasteiger partial charge in [0.15, 0.2) is 0 Å². The van der Waals surface area contributed by atoms with Gasteiger partial charge in [-0.3, -0.25) is 4.79 Å². The predicted octanol–water partition coefficient (Wildman–Crippen LogP) is 4.23. The Labute approximate surface area is 176 Å². The predicted molar refractivity (Wildman–Crippen MR) is 117 cm³/mol. The third-order valence-corrected chi connectivity index (χ3v) is 7.18. The van der Waals surface area contributed by atoms with Gasteiger partial charge in [-0.05, 0) is 38.2 Å². The van der Waals surface area contributed by atoms with E-state index >= 15 is 0 Å². The van der Waals surface area contributed by atoms with Gasteiger partial charge >= 0.3 is 0 Å². The highest BCUT2D eigenvalue weighted by Crippen LogP contribution is 2.35. The van der Waals surface area contributed by atoms with Crippen LogP contribution in [0.3, 0.4) is 0 Å². The van der Waals surface area contributed by atoms with Crippen molar-refractivity contribution >= 4 is 51.7 Å². The van der Waals surface area contributed by atoms with Gasteiger partial charge in [-0.2, -0.15) is 0 Å². The Balaban J connectivity index is 1.44. The summed E-state index contributed by atoms with van der Waals surface area (Å²) in [6.07, 6.45) is 1.71. The van der Waals surface area contributed by atoms with Crippen molar-refractivity contribution in [3.63, 3.8) is 0 Å². The van der Waals surface area contributed by atoms with Crippen LogP contribution in [0.25, 0.3) is 9.88 Å². The molecule has 0 spiro atoms. The molecule has 1 saturated heterocycles. The van der Waals surface area contributed by atoms with Crippen LogP contribution in [-0.2, 0) is 0 Å². The number of carbonyl (C=O) groups excluding carboxylic acids is 1. The number of aromatic nitrogens is 2. The minimum absolute atomic E-state index is 0.168. The number of thiophene rings is 1. The number of thiazole rings is 1. The van der Waals surface area contributed by atoms with Crippen molar-refractivity contribution in [3.05, 3.63) is 45.4 Å². The van der Waals surface area contributed by atoms with Crippen LogP contribution in [0.4, 0.5) is 11.5 Å². The molecule has 146 valence electrons. The summed E-state index contributed by atoms with van der Waals surface area (Å²) in [7, 11) is 2.13. The number of rotatable bonds is 4. The maximum atomic E-state index is 12.7. The number of hydrogen-bond acceptors (Lipinski definition) is 7. The Hall–Kier alpha value is -2.00. The molecule has 4 rings (SSSR count). The molecule has 0 bridgehead atoms. The molecular weight excluding hydrogens is 414 g/mol. The Morgan fingerprint density at radius 2 is 1.93 bits per heavy atom. The summed E-state index contributed by atoms with van der Waals surface area (Å²) >= 11 is 8.84. The van der Waals surface area contributed by atoms with E-state index in [0.717, 1.165) is 41.9 Å². The molecule has 1 N–H and O–H groups in total. The fourth-order valence-corrected chi connectivity index (χ4v) is 5.07. The summed E-state index contributed by atoms with van der Waals surface area (Å²) in [5.74, 6) is 0.773. The van der Waals surface area contributed by atoms with Gasteiger partial charge in [0.1, 0.15) is 15.7 Å². The summed E-state index contributed by atoms with van der Waals surface area (Å²) in [4.78, 5) is 27.9. The smallest absolute Gasteiger partial charge is 0.267 e. The topological polar surface area (TPSA) is 61.4 Å². The van der Waals surface area contributed by atoms with E-state index in [1.54, 1.807) is 6.20 Å². The van der Waals surface area contributed by atoms with Crippen LogP contribution in [0, 0.1) is 6.92 Å². The van der Waals surface area contributed by atoms with Gasteiger partial charge in [-0.25, -0.2) is 9.97 Å². The van der Waals surface area contributed by atoms with E-state index in [1.165, 1.54) is 22.7 Å². The summed E-state index contributed by atoms with van der Waals surface area (Å²) < 4.78 is 0.709. The number of piperazine rings is 1. The molecule has 9 heteroatoms. The van der Waals surface area contributed by atoms with Crippen LogP contribution >= 0.6 is 34.3 Å². The molecule has 1 amide bonds. The number of nitrogens with zero attached hydrogens (tertiary/aromatic N) is 4. The molecule has 1 aliphatic heterocycles. The van der Waals surface area contributed by atoms with Crippen LogP contribution < -0.4 is 10.2 Å². The van der Waals surface area contributed by atoms with Gasteiger partial charge in [0.25, 0.3) is 5.91 Å². The van der Waals surface area contributed by atoms with E-state index < -0.39 is 0 Å². The molecule has 0 atom stereocenters. The van der Waals surface area contributed by atoms with Crippen molar-refractivity contribution in [1.82, 2.24) is 14.9 Å². The Morgan fingerprint density at radius 3 is 2.57 bits per heavy atom. The zero-order valence-corrected chi connectivity index (χ0v) is 18.0. The molecule has 1 aliphatic rings. The van der Waals surface area contributed by atoms with E-state index in [0.29, 0.717) is 20.6 Å². The number of aryl methyl sites for hydroxylation is 1. The molecule has 0 saturated carbocycles. The first-order valence-electron chi connectivity index (χ1n) is 8.93. The largest absolute Gasteiger partial charge is 0.354 e. The molecule has 4 heterocycles. The lowest BCUT2D eigenvalue weighted by molar-refractivity contribution is 0.103. The minimum atomic E-state index is -0.168. The molecule has 0 unspecified atom stereocenters. The minimum Gasteiger partial charge on any atom is -0.354 e. The maximum absolute atomic E-state index is 12.7. The van der Waals surface area contributed by atoms with E-state index in [-0.39, 0.29) is 5.91 Å². The average Bonchev–Trinajstić information content (AvgIpc) is 3.29. The van der Waals surface area contributed by atoms with Crippen LogP contribution in [0.1, 0.15) is 15.4 Å². The molecule has 0 radical (unpaired) electrons. The monoisotopic (exact) mass is 433 g/mol.